The summed E-state index contributed by atoms with van der Waals surface area (Å²) in [7, 11) is 0. The molecule has 0 aliphatic carbocycles. The Bertz CT molecular complexity index is 407. The van der Waals surface area contributed by atoms with E-state index in [0.717, 1.165) is 11.1 Å². The number of alkyl halides is 1. The van der Waals surface area contributed by atoms with Gasteiger partial charge >= 0.3 is 0 Å². The van der Waals surface area contributed by atoms with Crippen LogP contribution in [0.4, 0.5) is 8.78 Å². The van der Waals surface area contributed by atoms with Crippen LogP contribution in [0.5, 0.6) is 0 Å². The van der Waals surface area contributed by atoms with Crippen LogP contribution < -0.4 is 0 Å². The molecule has 0 bridgehead atoms. The summed E-state index contributed by atoms with van der Waals surface area (Å²) in [5.41, 5.74) is 2.25. The Morgan fingerprint density at radius 1 is 0.944 bits per heavy atom. The highest BCUT2D eigenvalue weighted by atomic mass is 19.1. The maximum absolute atomic E-state index is 14.2. The van der Waals surface area contributed by atoms with Crippen molar-refractivity contribution < 1.29 is 8.78 Å². The third-order valence-corrected chi connectivity index (χ3v) is 3.21. The van der Waals surface area contributed by atoms with Crippen molar-refractivity contribution in [3.05, 3.63) is 34.1 Å². The van der Waals surface area contributed by atoms with E-state index in [1.165, 1.54) is 0 Å². The van der Waals surface area contributed by atoms with E-state index in [4.69, 9.17) is 0 Å². The summed E-state index contributed by atoms with van der Waals surface area (Å²) in [5, 5.41) is 0. The van der Waals surface area contributed by atoms with Gasteiger partial charge in [-0.05, 0) is 46.1 Å². The Kier molecular flexibility index (Phi) is 3.90. The molecule has 1 aromatic rings. The van der Waals surface area contributed by atoms with E-state index in [2.05, 4.69) is 0 Å². The van der Waals surface area contributed by atoms with Crippen molar-refractivity contribution in [2.24, 2.45) is 0 Å². The molecule has 0 heterocycles. The Hall–Kier alpha value is -0.920. The van der Waals surface area contributed by atoms with Crippen molar-refractivity contribution in [2.45, 2.75) is 66.0 Å². The molecule has 0 aliphatic heterocycles. The number of hydrogen-bond donors (Lipinski definition) is 0. The maximum atomic E-state index is 14.2. The molecule has 0 saturated heterocycles. The first-order chi connectivity index (χ1) is 8.00. The SMILES string of the molecule is Cc1cc(F)c(C(C)(C)C)c(CF)c1C(C)(C)C. The largest absolute Gasteiger partial charge is 0.246 e. The minimum Gasteiger partial charge on any atom is -0.246 e. The molecule has 1 aromatic carbocycles. The third-order valence-electron chi connectivity index (χ3n) is 3.21. The van der Waals surface area contributed by atoms with Crippen molar-refractivity contribution in [1.29, 1.82) is 0 Å². The van der Waals surface area contributed by atoms with Gasteiger partial charge < -0.3 is 0 Å². The fourth-order valence-electron chi connectivity index (χ4n) is 2.83. The van der Waals surface area contributed by atoms with Gasteiger partial charge in [-0.1, -0.05) is 41.5 Å². The predicted octanol–water partition coefficient (Wildman–Crippen LogP) is 5.20. The van der Waals surface area contributed by atoms with Crippen LogP contribution in [0.15, 0.2) is 6.07 Å². The van der Waals surface area contributed by atoms with E-state index < -0.39 is 6.67 Å². The first-order valence-electron chi connectivity index (χ1n) is 6.39. The van der Waals surface area contributed by atoms with Gasteiger partial charge in [-0.2, -0.15) is 0 Å². The summed E-state index contributed by atoms with van der Waals surface area (Å²) in [6.07, 6.45) is 0. The fraction of sp³-hybridized carbons (Fsp3) is 0.625. The Balaban J connectivity index is 3.75. The van der Waals surface area contributed by atoms with Gasteiger partial charge in [-0.15, -0.1) is 0 Å². The highest BCUT2D eigenvalue weighted by Gasteiger charge is 2.29. The smallest absolute Gasteiger partial charge is 0.127 e. The third kappa shape index (κ3) is 2.73. The summed E-state index contributed by atoms with van der Waals surface area (Å²) < 4.78 is 27.7. The highest BCUT2D eigenvalue weighted by Crippen LogP contribution is 2.38. The number of rotatable bonds is 1. The Morgan fingerprint density at radius 2 is 1.39 bits per heavy atom. The molecule has 1 rings (SSSR count). The fourth-order valence-corrected chi connectivity index (χ4v) is 2.83. The van der Waals surface area contributed by atoms with Crippen LogP contribution in [-0.4, -0.2) is 0 Å². The Labute approximate surface area is 109 Å². The first-order valence-corrected chi connectivity index (χ1v) is 6.39. The summed E-state index contributed by atoms with van der Waals surface area (Å²) in [6.45, 7) is 13.1. The van der Waals surface area contributed by atoms with Crippen molar-refractivity contribution >= 4 is 0 Å². The van der Waals surface area contributed by atoms with Crippen molar-refractivity contribution in [3.63, 3.8) is 0 Å². The van der Waals surface area contributed by atoms with Crippen molar-refractivity contribution in [2.75, 3.05) is 0 Å². The zero-order chi connectivity index (χ0) is 14.3. The van der Waals surface area contributed by atoms with Gasteiger partial charge in [0.1, 0.15) is 12.5 Å². The van der Waals surface area contributed by atoms with Crippen LogP contribution in [0.25, 0.3) is 0 Å². The molecule has 0 spiro atoms. The molecular formula is C16H24F2. The lowest BCUT2D eigenvalue weighted by atomic mass is 9.74. The molecule has 2 heteroatoms. The minimum absolute atomic E-state index is 0.181. The van der Waals surface area contributed by atoms with Crippen molar-refractivity contribution in [3.8, 4) is 0 Å². The molecule has 18 heavy (non-hydrogen) atoms. The molecule has 0 amide bonds. The van der Waals surface area contributed by atoms with Gasteiger partial charge in [0.2, 0.25) is 0 Å². The first kappa shape index (κ1) is 15.1. The van der Waals surface area contributed by atoms with Crippen LogP contribution in [0, 0.1) is 12.7 Å². The van der Waals surface area contributed by atoms with E-state index in [-0.39, 0.29) is 16.6 Å². The summed E-state index contributed by atoms with van der Waals surface area (Å²) >= 11 is 0. The highest BCUT2D eigenvalue weighted by molar-refractivity contribution is 5.47. The average molecular weight is 254 g/mol. The number of aryl methyl sites for hydroxylation is 1. The summed E-state index contributed by atoms with van der Waals surface area (Å²) in [6, 6.07) is 1.54. The molecule has 0 N–H and O–H groups in total. The summed E-state index contributed by atoms with van der Waals surface area (Å²) in [4.78, 5) is 0. The Morgan fingerprint density at radius 3 is 1.72 bits per heavy atom. The molecule has 0 radical (unpaired) electrons. The van der Waals surface area contributed by atoms with Gasteiger partial charge in [0.25, 0.3) is 0 Å². The predicted molar refractivity (Wildman–Crippen MR) is 73.3 cm³/mol. The normalized spacial score (nSPS) is 12.9. The molecule has 0 fully saturated rings. The second-order valence-corrected chi connectivity index (χ2v) is 7.04. The van der Waals surface area contributed by atoms with E-state index in [0.29, 0.717) is 11.1 Å². The van der Waals surface area contributed by atoms with Crippen LogP contribution in [0.2, 0.25) is 0 Å². The quantitative estimate of drug-likeness (QED) is 0.646. The molecule has 102 valence electrons. The standard InChI is InChI=1S/C16H24F2/c1-10-8-12(18)14(16(5,6)7)11(9-17)13(10)15(2,3)4/h8H,9H2,1-7H3. The van der Waals surface area contributed by atoms with E-state index in [1.807, 2.05) is 48.5 Å². The van der Waals surface area contributed by atoms with Gasteiger partial charge in [0, 0.05) is 0 Å². The van der Waals surface area contributed by atoms with Gasteiger partial charge in [0.05, 0.1) is 0 Å². The van der Waals surface area contributed by atoms with E-state index in [9.17, 15) is 8.78 Å². The monoisotopic (exact) mass is 254 g/mol. The lowest BCUT2D eigenvalue weighted by Crippen LogP contribution is -2.23. The number of benzene rings is 1. The molecular weight excluding hydrogens is 230 g/mol. The molecule has 0 unspecified atom stereocenters. The number of hydrogen-bond acceptors (Lipinski definition) is 0. The van der Waals surface area contributed by atoms with Crippen LogP contribution in [-0.2, 0) is 17.5 Å². The minimum atomic E-state index is -0.613. The van der Waals surface area contributed by atoms with E-state index in [1.54, 1.807) is 6.07 Å². The van der Waals surface area contributed by atoms with Crippen LogP contribution in [0.1, 0.15) is 63.8 Å². The second-order valence-electron chi connectivity index (χ2n) is 7.04. The average Bonchev–Trinajstić information content (AvgIpc) is 2.11. The zero-order valence-electron chi connectivity index (χ0n) is 12.5. The van der Waals surface area contributed by atoms with E-state index >= 15 is 0 Å². The molecule has 0 saturated carbocycles. The van der Waals surface area contributed by atoms with Gasteiger partial charge in [0.15, 0.2) is 0 Å². The lowest BCUT2D eigenvalue weighted by Gasteiger charge is -2.31. The molecule has 0 aliphatic rings. The van der Waals surface area contributed by atoms with Crippen LogP contribution in [0.3, 0.4) is 0 Å². The maximum Gasteiger partial charge on any atom is 0.127 e. The topological polar surface area (TPSA) is 0 Å². The van der Waals surface area contributed by atoms with Crippen LogP contribution >= 0.6 is 0 Å². The second kappa shape index (κ2) is 4.64. The van der Waals surface area contributed by atoms with Gasteiger partial charge in [-0.3, -0.25) is 0 Å². The molecule has 0 nitrogen and oxygen atoms in total. The zero-order valence-corrected chi connectivity index (χ0v) is 12.5. The summed E-state index contributed by atoms with van der Waals surface area (Å²) in [5.74, 6) is -0.291. The van der Waals surface area contributed by atoms with Gasteiger partial charge in [-0.25, -0.2) is 8.78 Å². The lowest BCUT2D eigenvalue weighted by molar-refractivity contribution is 0.441. The molecule has 0 atom stereocenters. The number of halogens is 2. The molecule has 0 aromatic heterocycles. The van der Waals surface area contributed by atoms with Crippen molar-refractivity contribution in [1.82, 2.24) is 0 Å².